The number of nitrogens with zero attached hydrogens (tertiary/aromatic N) is 3. The van der Waals surface area contributed by atoms with Gasteiger partial charge in [-0.3, -0.25) is 9.59 Å². The van der Waals surface area contributed by atoms with Crippen molar-refractivity contribution < 1.29 is 18.0 Å². The zero-order valence-electron chi connectivity index (χ0n) is 19.6. The summed E-state index contributed by atoms with van der Waals surface area (Å²) in [7, 11) is -3.62. The van der Waals surface area contributed by atoms with E-state index in [0.717, 1.165) is 38.8 Å². The molecule has 0 N–H and O–H groups in total. The summed E-state index contributed by atoms with van der Waals surface area (Å²) in [5, 5.41) is 0. The number of carbonyl (C=O) groups is 2. The first kappa shape index (κ1) is 23.2. The highest BCUT2D eigenvalue weighted by Gasteiger charge is 2.45. The third-order valence-corrected chi connectivity index (χ3v) is 9.26. The van der Waals surface area contributed by atoms with Crippen molar-refractivity contribution in [1.29, 1.82) is 0 Å². The number of carbonyl (C=O) groups excluding carboxylic acids is 2. The Kier molecular flexibility index (Phi) is 6.13. The maximum absolute atomic E-state index is 13.3. The first-order valence-corrected chi connectivity index (χ1v) is 13.2. The Morgan fingerprint density at radius 2 is 1.75 bits per heavy atom. The fourth-order valence-corrected chi connectivity index (χ4v) is 6.76. The summed E-state index contributed by atoms with van der Waals surface area (Å²) in [5.74, 6) is 0.751. The van der Waals surface area contributed by atoms with Gasteiger partial charge in [0.15, 0.2) is 0 Å². The molecule has 2 fully saturated rings. The lowest BCUT2D eigenvalue weighted by atomic mass is 9.86. The van der Waals surface area contributed by atoms with Crippen LogP contribution in [0.3, 0.4) is 0 Å². The van der Waals surface area contributed by atoms with Gasteiger partial charge in [-0.1, -0.05) is 13.8 Å². The molecule has 0 aliphatic carbocycles. The normalized spacial score (nSPS) is 24.6. The van der Waals surface area contributed by atoms with Crippen LogP contribution in [-0.2, 0) is 25.0 Å². The van der Waals surface area contributed by atoms with Crippen molar-refractivity contribution in [2.45, 2.75) is 63.7 Å². The zero-order valence-corrected chi connectivity index (χ0v) is 20.5. The van der Waals surface area contributed by atoms with E-state index in [1.54, 1.807) is 36.4 Å². The van der Waals surface area contributed by atoms with Crippen LogP contribution in [0.15, 0.2) is 23.1 Å². The molecule has 176 valence electrons. The molecule has 0 saturated carbocycles. The molecular formula is C24H35N3O4S. The van der Waals surface area contributed by atoms with Gasteiger partial charge in [-0.15, -0.1) is 0 Å². The quantitative estimate of drug-likeness (QED) is 0.691. The zero-order chi connectivity index (χ0) is 23.3. The van der Waals surface area contributed by atoms with Gasteiger partial charge in [0.05, 0.1) is 10.3 Å². The minimum absolute atomic E-state index is 0.000614. The number of benzene rings is 1. The molecule has 1 atom stereocenters. The monoisotopic (exact) mass is 461 g/mol. The fourth-order valence-electron chi connectivity index (χ4n) is 5.14. The molecule has 2 amide bonds. The fraction of sp³-hybridized carbons (Fsp3) is 0.667. The van der Waals surface area contributed by atoms with Crippen molar-refractivity contribution in [1.82, 2.24) is 9.21 Å². The van der Waals surface area contributed by atoms with Crippen LogP contribution in [0, 0.1) is 11.8 Å². The molecule has 3 aliphatic rings. The van der Waals surface area contributed by atoms with Gasteiger partial charge in [0.1, 0.15) is 6.54 Å². The largest absolute Gasteiger partial charge is 0.341 e. The molecule has 0 radical (unpaired) electrons. The first-order chi connectivity index (χ1) is 15.0. The van der Waals surface area contributed by atoms with Crippen LogP contribution in [0.25, 0.3) is 0 Å². The average molecular weight is 462 g/mol. The Balaban J connectivity index is 1.60. The summed E-state index contributed by atoms with van der Waals surface area (Å²) in [6.45, 7) is 10.4. The molecule has 8 heteroatoms. The van der Waals surface area contributed by atoms with Crippen LogP contribution >= 0.6 is 0 Å². The van der Waals surface area contributed by atoms with Gasteiger partial charge < -0.3 is 9.80 Å². The summed E-state index contributed by atoms with van der Waals surface area (Å²) in [4.78, 5) is 29.8. The average Bonchev–Trinajstić information content (AvgIpc) is 2.94. The Morgan fingerprint density at radius 1 is 1.06 bits per heavy atom. The van der Waals surface area contributed by atoms with E-state index in [1.165, 1.54) is 4.90 Å². The summed E-state index contributed by atoms with van der Waals surface area (Å²) in [6.07, 6.45) is 3.87. The van der Waals surface area contributed by atoms with Crippen LogP contribution in [0.1, 0.15) is 58.9 Å². The van der Waals surface area contributed by atoms with E-state index < -0.39 is 15.4 Å². The van der Waals surface area contributed by atoms with Crippen LogP contribution in [-0.4, -0.2) is 62.2 Å². The van der Waals surface area contributed by atoms with E-state index in [2.05, 4.69) is 13.8 Å². The highest BCUT2D eigenvalue weighted by Crippen LogP contribution is 2.43. The summed E-state index contributed by atoms with van der Waals surface area (Å²) in [5.41, 5.74) is 0.436. The molecule has 0 spiro atoms. The second kappa shape index (κ2) is 8.45. The number of rotatable bonds is 4. The molecule has 7 nitrogen and oxygen atoms in total. The first-order valence-electron chi connectivity index (χ1n) is 11.8. The van der Waals surface area contributed by atoms with Crippen molar-refractivity contribution in [2.75, 3.05) is 37.6 Å². The van der Waals surface area contributed by atoms with Crippen molar-refractivity contribution in [3.05, 3.63) is 23.8 Å². The molecule has 3 heterocycles. The lowest BCUT2D eigenvalue weighted by Gasteiger charge is -2.32. The molecular weight excluding hydrogens is 426 g/mol. The van der Waals surface area contributed by atoms with Crippen LogP contribution in [0.5, 0.6) is 0 Å². The van der Waals surface area contributed by atoms with Gasteiger partial charge in [-0.2, -0.15) is 4.31 Å². The third kappa shape index (κ3) is 4.07. The number of sulfonamides is 1. The van der Waals surface area contributed by atoms with E-state index in [4.69, 9.17) is 0 Å². The van der Waals surface area contributed by atoms with Crippen molar-refractivity contribution >= 4 is 27.5 Å². The minimum Gasteiger partial charge on any atom is -0.341 e. The highest BCUT2D eigenvalue weighted by atomic mass is 32.2. The van der Waals surface area contributed by atoms with Gasteiger partial charge in [0, 0.05) is 31.9 Å². The van der Waals surface area contributed by atoms with E-state index >= 15 is 0 Å². The minimum atomic E-state index is -3.62. The van der Waals surface area contributed by atoms with E-state index in [1.807, 2.05) is 4.90 Å². The van der Waals surface area contributed by atoms with Crippen molar-refractivity contribution in [2.24, 2.45) is 11.8 Å². The van der Waals surface area contributed by atoms with Crippen molar-refractivity contribution in [3.8, 4) is 0 Å². The lowest BCUT2D eigenvalue weighted by molar-refractivity contribution is -0.133. The number of amides is 2. The number of fused-ring (bicyclic) bond motifs is 1. The molecule has 2 saturated heterocycles. The van der Waals surface area contributed by atoms with E-state index in [9.17, 15) is 18.0 Å². The van der Waals surface area contributed by atoms with Crippen LogP contribution < -0.4 is 4.90 Å². The number of hydrogen-bond donors (Lipinski definition) is 0. The number of likely N-dealkylation sites (tertiary alicyclic amines) is 1. The van der Waals surface area contributed by atoms with E-state index in [0.29, 0.717) is 36.2 Å². The Bertz CT molecular complexity index is 1010. The Hall–Kier alpha value is -1.93. The summed E-state index contributed by atoms with van der Waals surface area (Å²) in [6, 6.07) is 4.94. The van der Waals surface area contributed by atoms with Crippen molar-refractivity contribution in [3.63, 3.8) is 0 Å². The van der Waals surface area contributed by atoms with Gasteiger partial charge in [-0.05, 0) is 75.1 Å². The third-order valence-electron chi connectivity index (χ3n) is 7.40. The molecule has 1 aromatic carbocycles. The maximum atomic E-state index is 13.3. The molecule has 32 heavy (non-hydrogen) atoms. The summed E-state index contributed by atoms with van der Waals surface area (Å²) < 4.78 is 28.1. The number of piperidine rings is 2. The van der Waals surface area contributed by atoms with Gasteiger partial charge in [0.2, 0.25) is 21.8 Å². The Labute approximate surface area is 191 Å². The number of anilines is 1. The van der Waals surface area contributed by atoms with Crippen LogP contribution in [0.4, 0.5) is 5.69 Å². The molecule has 4 rings (SSSR count). The molecule has 1 aromatic rings. The topological polar surface area (TPSA) is 78.0 Å². The second-order valence-corrected chi connectivity index (χ2v) is 12.3. The number of hydrogen-bond acceptors (Lipinski definition) is 4. The SMILES string of the molecule is CC1CCN(C(=O)CN2C(=O)C(C)(C)c3cc(S(=O)(=O)N4CCCC(C)C4)ccc32)CC1. The maximum Gasteiger partial charge on any atom is 0.243 e. The second-order valence-electron chi connectivity index (χ2n) is 10.4. The van der Waals surface area contributed by atoms with Gasteiger partial charge >= 0.3 is 0 Å². The molecule has 3 aliphatic heterocycles. The smallest absolute Gasteiger partial charge is 0.243 e. The van der Waals surface area contributed by atoms with Gasteiger partial charge in [0.25, 0.3) is 0 Å². The van der Waals surface area contributed by atoms with Gasteiger partial charge in [-0.25, -0.2) is 8.42 Å². The lowest BCUT2D eigenvalue weighted by Crippen LogP contribution is -2.46. The highest BCUT2D eigenvalue weighted by molar-refractivity contribution is 7.89. The molecule has 1 unspecified atom stereocenters. The van der Waals surface area contributed by atoms with Crippen LogP contribution in [0.2, 0.25) is 0 Å². The molecule has 0 bridgehead atoms. The Morgan fingerprint density at radius 3 is 2.41 bits per heavy atom. The standard InChI is InChI=1S/C24H35N3O4S/c1-17-9-12-25(13-10-17)22(28)16-27-21-8-7-19(14-20(21)24(3,4)23(27)29)32(30,31)26-11-5-6-18(2)15-26/h7-8,14,17-18H,5-6,9-13,15-16H2,1-4H3. The predicted molar refractivity (Wildman–Crippen MR) is 124 cm³/mol. The van der Waals surface area contributed by atoms with E-state index in [-0.39, 0.29) is 23.3 Å². The predicted octanol–water partition coefficient (Wildman–Crippen LogP) is 2.99. The summed E-state index contributed by atoms with van der Waals surface area (Å²) >= 11 is 0. The molecule has 0 aromatic heterocycles.